The number of rotatable bonds is 2. The number of thiophene rings is 1. The molecule has 2 nitrogen and oxygen atoms in total. The number of nitrogens with two attached hydrogens (primary N) is 1. The highest BCUT2D eigenvalue weighted by Crippen LogP contribution is 2.43. The van der Waals surface area contributed by atoms with E-state index in [9.17, 15) is 4.79 Å². The van der Waals surface area contributed by atoms with Crippen molar-refractivity contribution in [2.24, 2.45) is 11.1 Å². The molecule has 1 amide bonds. The first-order valence-electron chi connectivity index (χ1n) is 6.26. The highest BCUT2D eigenvalue weighted by molar-refractivity contribution is 7.14. The molecule has 1 heterocycles. The van der Waals surface area contributed by atoms with E-state index in [1.165, 1.54) is 16.0 Å². The minimum absolute atomic E-state index is 0.252. The number of amides is 1. The maximum atomic E-state index is 11.5. The molecule has 1 aromatic rings. The van der Waals surface area contributed by atoms with Gasteiger partial charge in [-0.2, -0.15) is 0 Å². The van der Waals surface area contributed by atoms with Crippen molar-refractivity contribution in [3.05, 3.63) is 20.9 Å². The van der Waals surface area contributed by atoms with E-state index in [2.05, 4.69) is 27.7 Å². The molecule has 0 saturated carbocycles. The van der Waals surface area contributed by atoms with Gasteiger partial charge in [0.2, 0.25) is 0 Å². The summed E-state index contributed by atoms with van der Waals surface area (Å²) >= 11 is 1.62. The van der Waals surface area contributed by atoms with Gasteiger partial charge in [-0.25, -0.2) is 0 Å². The molecule has 2 rings (SSSR count). The maximum absolute atomic E-state index is 11.5. The normalized spacial score (nSPS) is 18.2. The number of hydrogen-bond donors (Lipinski definition) is 1. The smallest absolute Gasteiger partial charge is 0.259 e. The van der Waals surface area contributed by atoms with Crippen molar-refractivity contribution in [3.8, 4) is 0 Å². The van der Waals surface area contributed by atoms with Crippen LogP contribution in [0.1, 0.15) is 65.7 Å². The number of fused-ring (bicyclic) bond motifs is 1. The van der Waals surface area contributed by atoms with Gasteiger partial charge in [0.05, 0.1) is 4.88 Å². The fraction of sp³-hybridized carbons (Fsp3) is 0.643. The van der Waals surface area contributed by atoms with E-state index in [1.807, 2.05) is 0 Å². The first kappa shape index (κ1) is 12.6. The van der Waals surface area contributed by atoms with Gasteiger partial charge in [0.15, 0.2) is 0 Å². The zero-order chi connectivity index (χ0) is 12.8. The van der Waals surface area contributed by atoms with Crippen molar-refractivity contribution >= 4 is 17.2 Å². The van der Waals surface area contributed by atoms with Crippen LogP contribution in [0.15, 0.2) is 0 Å². The largest absolute Gasteiger partial charge is 0.365 e. The molecule has 0 radical (unpaired) electrons. The number of carbonyl (C=O) groups excluding carboxylic acids is 1. The molecular weight excluding hydrogens is 230 g/mol. The van der Waals surface area contributed by atoms with Crippen molar-refractivity contribution in [2.75, 3.05) is 0 Å². The molecule has 94 valence electrons. The van der Waals surface area contributed by atoms with Gasteiger partial charge in [-0.3, -0.25) is 4.79 Å². The second-order valence-corrected chi connectivity index (χ2v) is 7.16. The molecule has 1 aliphatic rings. The summed E-state index contributed by atoms with van der Waals surface area (Å²) in [5.74, 6) is 0.230. The van der Waals surface area contributed by atoms with Crippen molar-refractivity contribution < 1.29 is 4.79 Å². The summed E-state index contributed by atoms with van der Waals surface area (Å²) in [7, 11) is 0. The third-order valence-electron chi connectivity index (χ3n) is 3.60. The van der Waals surface area contributed by atoms with Gasteiger partial charge in [-0.05, 0) is 41.7 Å². The van der Waals surface area contributed by atoms with Crippen molar-refractivity contribution in [1.82, 2.24) is 0 Å². The minimum Gasteiger partial charge on any atom is -0.365 e. The van der Waals surface area contributed by atoms with E-state index >= 15 is 0 Å². The van der Waals surface area contributed by atoms with E-state index in [-0.39, 0.29) is 5.91 Å². The Kier molecular flexibility index (Phi) is 3.06. The van der Waals surface area contributed by atoms with Gasteiger partial charge in [0.25, 0.3) is 5.91 Å². The molecular formula is C14H21NOS. The predicted molar refractivity (Wildman–Crippen MR) is 72.7 cm³/mol. The number of hydrogen-bond acceptors (Lipinski definition) is 2. The fourth-order valence-corrected chi connectivity index (χ4v) is 3.90. The lowest BCUT2D eigenvalue weighted by molar-refractivity contribution is 0.100. The molecule has 1 aliphatic carbocycles. The summed E-state index contributed by atoms with van der Waals surface area (Å²) in [5.41, 5.74) is 8.50. The predicted octanol–water partition coefficient (Wildman–Crippen LogP) is 3.49. The van der Waals surface area contributed by atoms with E-state index in [0.29, 0.717) is 11.3 Å². The first-order valence-corrected chi connectivity index (χ1v) is 7.08. The van der Waals surface area contributed by atoms with Crippen molar-refractivity contribution in [3.63, 3.8) is 0 Å². The molecule has 0 fully saturated rings. The maximum Gasteiger partial charge on any atom is 0.259 e. The first-order chi connectivity index (χ1) is 7.82. The van der Waals surface area contributed by atoms with Gasteiger partial charge in [-0.15, -0.1) is 11.3 Å². The van der Waals surface area contributed by atoms with Gasteiger partial charge in [0, 0.05) is 4.88 Å². The van der Waals surface area contributed by atoms with Crippen LogP contribution in [-0.2, 0) is 12.8 Å². The Labute approximate surface area is 107 Å². The molecule has 0 aromatic carbocycles. The molecule has 0 atom stereocenters. The summed E-state index contributed by atoms with van der Waals surface area (Å²) < 4.78 is 0. The van der Waals surface area contributed by atoms with Crippen LogP contribution in [0.5, 0.6) is 0 Å². The second-order valence-electron chi connectivity index (χ2n) is 6.11. The Morgan fingerprint density at radius 1 is 1.35 bits per heavy atom. The summed E-state index contributed by atoms with van der Waals surface area (Å²) in [6.07, 6.45) is 3.23. The monoisotopic (exact) mass is 251 g/mol. The zero-order valence-electron chi connectivity index (χ0n) is 11.1. The van der Waals surface area contributed by atoms with Crippen molar-refractivity contribution in [1.29, 1.82) is 0 Å². The lowest BCUT2D eigenvalue weighted by atomic mass is 9.74. The lowest BCUT2D eigenvalue weighted by Gasteiger charge is -2.31. The number of carbonyl (C=O) groups is 1. The fourth-order valence-electron chi connectivity index (χ4n) is 2.67. The van der Waals surface area contributed by atoms with E-state index in [0.717, 1.165) is 24.1 Å². The molecule has 17 heavy (non-hydrogen) atoms. The summed E-state index contributed by atoms with van der Waals surface area (Å²) in [4.78, 5) is 13.7. The summed E-state index contributed by atoms with van der Waals surface area (Å²) in [6.45, 7) is 9.00. The van der Waals surface area contributed by atoms with Gasteiger partial charge in [0.1, 0.15) is 0 Å². The van der Waals surface area contributed by atoms with Crippen LogP contribution in [0.3, 0.4) is 0 Å². The third kappa shape index (κ3) is 2.25. The van der Waals surface area contributed by atoms with Crippen LogP contribution in [0, 0.1) is 5.41 Å². The molecule has 0 aliphatic heterocycles. The quantitative estimate of drug-likeness (QED) is 0.859. The standard InChI is InChI=1S/C14H21NOS/c1-8(2)11-10-7-14(3,4)6-5-9(10)12(17-11)13(15)16/h8H,5-7H2,1-4H3,(H2,15,16). The molecule has 0 saturated heterocycles. The number of primary amides is 1. The molecule has 0 spiro atoms. The zero-order valence-corrected chi connectivity index (χ0v) is 11.9. The van der Waals surface area contributed by atoms with E-state index in [4.69, 9.17) is 5.73 Å². The Morgan fingerprint density at radius 2 is 2.00 bits per heavy atom. The van der Waals surface area contributed by atoms with Crippen LogP contribution >= 0.6 is 11.3 Å². The van der Waals surface area contributed by atoms with E-state index < -0.39 is 0 Å². The van der Waals surface area contributed by atoms with Crippen LogP contribution in [0.2, 0.25) is 0 Å². The summed E-state index contributed by atoms with van der Waals surface area (Å²) in [6, 6.07) is 0. The van der Waals surface area contributed by atoms with Gasteiger partial charge < -0.3 is 5.73 Å². The average Bonchev–Trinajstić information content (AvgIpc) is 2.54. The highest BCUT2D eigenvalue weighted by Gasteiger charge is 2.32. The SMILES string of the molecule is CC(C)c1sc(C(N)=O)c2c1CC(C)(C)CC2. The van der Waals surface area contributed by atoms with Crippen LogP contribution in [-0.4, -0.2) is 5.91 Å². The van der Waals surface area contributed by atoms with Crippen LogP contribution in [0.4, 0.5) is 0 Å². The van der Waals surface area contributed by atoms with Crippen molar-refractivity contribution in [2.45, 2.75) is 52.9 Å². The van der Waals surface area contributed by atoms with E-state index in [1.54, 1.807) is 11.3 Å². The van der Waals surface area contributed by atoms with Gasteiger partial charge >= 0.3 is 0 Å². The molecule has 0 unspecified atom stereocenters. The Balaban J connectivity index is 2.54. The molecule has 3 heteroatoms. The topological polar surface area (TPSA) is 43.1 Å². The second kappa shape index (κ2) is 4.13. The molecule has 1 aromatic heterocycles. The Morgan fingerprint density at radius 3 is 2.53 bits per heavy atom. The molecule has 0 bridgehead atoms. The Hall–Kier alpha value is -0.830. The molecule has 2 N–H and O–H groups in total. The Bertz CT molecular complexity index is 457. The minimum atomic E-state index is -0.252. The van der Waals surface area contributed by atoms with Crippen LogP contribution < -0.4 is 5.73 Å². The summed E-state index contributed by atoms with van der Waals surface area (Å²) in [5, 5.41) is 0. The van der Waals surface area contributed by atoms with Gasteiger partial charge in [-0.1, -0.05) is 27.7 Å². The lowest BCUT2D eigenvalue weighted by Crippen LogP contribution is -2.23. The average molecular weight is 251 g/mol. The van der Waals surface area contributed by atoms with Crippen LogP contribution in [0.25, 0.3) is 0 Å². The third-order valence-corrected chi connectivity index (χ3v) is 5.19. The highest BCUT2D eigenvalue weighted by atomic mass is 32.1.